The van der Waals surface area contributed by atoms with Crippen LogP contribution < -0.4 is 24.8 Å². The molecule has 1 aromatic heterocycles. The Balaban J connectivity index is 1.56. The molecule has 0 amide bonds. The summed E-state index contributed by atoms with van der Waals surface area (Å²) in [6.45, 7) is 1.70. The van der Waals surface area contributed by atoms with E-state index in [1.54, 1.807) is 31.5 Å². The van der Waals surface area contributed by atoms with Gasteiger partial charge in [0.25, 0.3) is 0 Å². The third-order valence-corrected chi connectivity index (χ3v) is 8.03. The highest BCUT2D eigenvalue weighted by Gasteiger charge is 2.22. The Morgan fingerprint density at radius 2 is 1.97 bits per heavy atom. The maximum Gasteiger partial charge on any atom is 0.242 e. The zero-order valence-electron chi connectivity index (χ0n) is 20.3. The largest absolute Gasteiger partial charge is 0.495 e. The Morgan fingerprint density at radius 1 is 1.17 bits per heavy atom. The van der Waals surface area contributed by atoms with Crippen LogP contribution in [0, 0.1) is 0 Å². The third kappa shape index (κ3) is 6.06. The van der Waals surface area contributed by atoms with Crippen LogP contribution in [0.4, 0.5) is 23.1 Å². The fourth-order valence-corrected chi connectivity index (χ4v) is 5.11. The molecule has 1 fully saturated rings. The smallest absolute Gasteiger partial charge is 0.242 e. The highest BCUT2D eigenvalue weighted by Crippen LogP contribution is 2.33. The molecule has 36 heavy (non-hydrogen) atoms. The maximum absolute atomic E-state index is 12.4. The Morgan fingerprint density at radius 3 is 2.69 bits per heavy atom. The number of anilines is 4. The van der Waals surface area contributed by atoms with E-state index in [1.807, 2.05) is 18.2 Å². The fourth-order valence-electron chi connectivity index (χ4n) is 3.93. The van der Waals surface area contributed by atoms with E-state index >= 15 is 0 Å². The summed E-state index contributed by atoms with van der Waals surface area (Å²) >= 11 is 3.43. The average molecular weight is 578 g/mol. The maximum atomic E-state index is 12.4. The lowest BCUT2D eigenvalue weighted by atomic mass is 10.2. The first kappa shape index (κ1) is 26.1. The van der Waals surface area contributed by atoms with Crippen molar-refractivity contribution in [1.29, 1.82) is 0 Å². The lowest BCUT2D eigenvalue weighted by Gasteiger charge is -2.20. The number of likely N-dealkylation sites (tertiary alicyclic amines) is 1. The van der Waals surface area contributed by atoms with Crippen molar-refractivity contribution in [3.05, 3.63) is 53.1 Å². The van der Waals surface area contributed by atoms with Crippen LogP contribution in [0.3, 0.4) is 0 Å². The van der Waals surface area contributed by atoms with Gasteiger partial charge in [0, 0.05) is 18.3 Å². The molecule has 1 atom stereocenters. The predicted octanol–water partition coefficient (Wildman–Crippen LogP) is 4.12. The first-order chi connectivity index (χ1) is 17.3. The number of hydrogen-bond acceptors (Lipinski definition) is 9. The quantitative estimate of drug-likeness (QED) is 0.327. The van der Waals surface area contributed by atoms with E-state index in [1.165, 1.54) is 19.5 Å². The highest BCUT2D eigenvalue weighted by atomic mass is 79.9. The van der Waals surface area contributed by atoms with Crippen LogP contribution >= 0.6 is 15.9 Å². The van der Waals surface area contributed by atoms with Crippen LogP contribution in [0.25, 0.3) is 0 Å². The van der Waals surface area contributed by atoms with Crippen LogP contribution in [0.5, 0.6) is 11.5 Å². The van der Waals surface area contributed by atoms with Crippen molar-refractivity contribution in [3.8, 4) is 11.5 Å². The summed E-state index contributed by atoms with van der Waals surface area (Å²) in [5.74, 6) is 2.00. The Hall–Kier alpha value is -2.93. The summed E-state index contributed by atoms with van der Waals surface area (Å²) in [5.41, 5.74) is 1.02. The van der Waals surface area contributed by atoms with Crippen molar-refractivity contribution in [3.63, 3.8) is 0 Å². The molecular formula is C24H29BrN6O4S. The summed E-state index contributed by atoms with van der Waals surface area (Å²) < 4.78 is 39.3. The number of benzene rings is 2. The Labute approximate surface area is 219 Å². The van der Waals surface area contributed by atoms with Gasteiger partial charge >= 0.3 is 0 Å². The molecule has 10 nitrogen and oxygen atoms in total. The van der Waals surface area contributed by atoms with E-state index in [0.29, 0.717) is 51.8 Å². The molecule has 0 aliphatic carbocycles. The number of aromatic nitrogens is 2. The standard InChI is InChI=1S/C24H29BrN6O4S/c1-26-36(32,33)22-9-5-4-8-19(22)28-23-18(25)14-27-24(30-23)29-20-13-17(10-11-21(20)34-3)35-15-16-7-6-12-31(16)2/h4-5,8-11,13-14,16,26H,6-7,12,15H2,1-3H3,(H2,27,28,29,30)/t16-/m1/s1. The second-order valence-electron chi connectivity index (χ2n) is 8.29. The predicted molar refractivity (Wildman–Crippen MR) is 143 cm³/mol. The SMILES string of the molecule is CNS(=O)(=O)c1ccccc1Nc1nc(Nc2cc(OC[C@H]3CCCN3C)ccc2OC)ncc1Br. The van der Waals surface area contributed by atoms with Gasteiger partial charge in [-0.1, -0.05) is 12.1 Å². The number of para-hydroxylation sites is 1. The number of nitrogens with zero attached hydrogens (tertiary/aromatic N) is 3. The molecule has 0 saturated carbocycles. The number of likely N-dealkylation sites (N-methyl/N-ethyl adjacent to an activating group) is 1. The molecule has 0 spiro atoms. The van der Waals surface area contributed by atoms with Crippen molar-refractivity contribution >= 4 is 49.1 Å². The number of methoxy groups -OCH3 is 1. The second kappa shape index (κ2) is 11.4. The second-order valence-corrected chi connectivity index (χ2v) is 11.0. The first-order valence-corrected chi connectivity index (χ1v) is 13.7. The lowest BCUT2D eigenvalue weighted by molar-refractivity contribution is 0.198. The van der Waals surface area contributed by atoms with E-state index in [2.05, 4.69) is 53.2 Å². The molecule has 1 aliphatic heterocycles. The van der Waals surface area contributed by atoms with E-state index in [-0.39, 0.29) is 4.90 Å². The molecule has 12 heteroatoms. The van der Waals surface area contributed by atoms with E-state index in [0.717, 1.165) is 13.0 Å². The van der Waals surface area contributed by atoms with Crippen molar-refractivity contribution in [1.82, 2.24) is 19.6 Å². The molecule has 0 unspecified atom stereocenters. The zero-order valence-corrected chi connectivity index (χ0v) is 22.7. The normalized spacial score (nSPS) is 16.1. The lowest BCUT2D eigenvalue weighted by Crippen LogP contribution is -2.30. The molecule has 0 bridgehead atoms. The molecular weight excluding hydrogens is 548 g/mol. The summed E-state index contributed by atoms with van der Waals surface area (Å²) in [5, 5.41) is 6.27. The molecule has 192 valence electrons. The van der Waals surface area contributed by atoms with E-state index < -0.39 is 10.0 Å². The molecule has 1 saturated heterocycles. The monoisotopic (exact) mass is 576 g/mol. The summed E-state index contributed by atoms with van der Waals surface area (Å²) in [6, 6.07) is 12.5. The van der Waals surface area contributed by atoms with Crippen molar-refractivity contribution in [2.75, 3.05) is 45.0 Å². The molecule has 0 radical (unpaired) electrons. The van der Waals surface area contributed by atoms with Crippen LogP contribution in [-0.4, -0.2) is 63.7 Å². The van der Waals surface area contributed by atoms with Gasteiger partial charge < -0.3 is 25.0 Å². The average Bonchev–Trinajstić information content (AvgIpc) is 3.29. The summed E-state index contributed by atoms with van der Waals surface area (Å²) in [4.78, 5) is 11.3. The Kier molecular flexibility index (Phi) is 8.29. The number of sulfonamides is 1. The zero-order chi connectivity index (χ0) is 25.7. The van der Waals surface area contributed by atoms with Gasteiger partial charge in [-0.25, -0.2) is 18.1 Å². The van der Waals surface area contributed by atoms with Gasteiger partial charge in [-0.3, -0.25) is 0 Å². The third-order valence-electron chi connectivity index (χ3n) is 5.97. The fraction of sp³-hybridized carbons (Fsp3) is 0.333. The van der Waals surface area contributed by atoms with Crippen LogP contribution in [-0.2, 0) is 10.0 Å². The summed E-state index contributed by atoms with van der Waals surface area (Å²) in [7, 11) is 1.40. The van der Waals surface area contributed by atoms with Crippen molar-refractivity contribution in [2.45, 2.75) is 23.8 Å². The van der Waals surface area contributed by atoms with Crippen LogP contribution in [0.2, 0.25) is 0 Å². The molecule has 1 aliphatic rings. The summed E-state index contributed by atoms with van der Waals surface area (Å²) in [6.07, 6.45) is 3.89. The van der Waals surface area contributed by atoms with Gasteiger partial charge in [0.15, 0.2) is 0 Å². The van der Waals surface area contributed by atoms with E-state index in [4.69, 9.17) is 9.47 Å². The number of ether oxygens (including phenoxy) is 2. The van der Waals surface area contributed by atoms with Gasteiger partial charge in [0.05, 0.1) is 23.0 Å². The molecule has 4 rings (SSSR count). The number of nitrogens with one attached hydrogen (secondary N) is 3. The highest BCUT2D eigenvalue weighted by molar-refractivity contribution is 9.10. The topological polar surface area (TPSA) is 118 Å². The minimum absolute atomic E-state index is 0.104. The number of hydrogen-bond donors (Lipinski definition) is 3. The van der Waals surface area contributed by atoms with Gasteiger partial charge in [0.1, 0.15) is 28.8 Å². The van der Waals surface area contributed by atoms with Gasteiger partial charge in [-0.15, -0.1) is 0 Å². The molecule has 3 aromatic rings. The first-order valence-electron chi connectivity index (χ1n) is 11.4. The van der Waals surface area contributed by atoms with Gasteiger partial charge in [-0.2, -0.15) is 4.98 Å². The van der Waals surface area contributed by atoms with Gasteiger partial charge in [0.2, 0.25) is 16.0 Å². The van der Waals surface area contributed by atoms with Crippen LogP contribution in [0.1, 0.15) is 12.8 Å². The van der Waals surface area contributed by atoms with Crippen molar-refractivity contribution < 1.29 is 17.9 Å². The number of halogens is 1. The molecule has 2 heterocycles. The van der Waals surface area contributed by atoms with Crippen LogP contribution in [0.15, 0.2) is 58.0 Å². The minimum Gasteiger partial charge on any atom is -0.495 e. The Bertz CT molecular complexity index is 1320. The van der Waals surface area contributed by atoms with Gasteiger partial charge in [-0.05, 0) is 73.7 Å². The van der Waals surface area contributed by atoms with E-state index in [9.17, 15) is 8.42 Å². The van der Waals surface area contributed by atoms with Crippen molar-refractivity contribution in [2.24, 2.45) is 0 Å². The minimum atomic E-state index is -3.67. The molecule has 2 aromatic carbocycles. The molecule has 3 N–H and O–H groups in total. The number of rotatable bonds is 10.